The molecular weight excluding hydrogens is 244 g/mol. The average Bonchev–Trinajstić information content (AvgIpc) is 2.87. The molecule has 2 rings (SSSR count). The first-order valence-corrected chi connectivity index (χ1v) is 5.64. The van der Waals surface area contributed by atoms with Crippen molar-refractivity contribution in [3.8, 4) is 6.07 Å². The number of para-hydroxylation sites is 1. The summed E-state index contributed by atoms with van der Waals surface area (Å²) in [6, 6.07) is 12.4. The van der Waals surface area contributed by atoms with Gasteiger partial charge in [-0.2, -0.15) is 5.26 Å². The van der Waals surface area contributed by atoms with Crippen LogP contribution in [-0.2, 0) is 6.54 Å². The molecule has 5 heteroatoms. The maximum Gasteiger partial charge on any atom is 0.371 e. The van der Waals surface area contributed by atoms with Gasteiger partial charge in [0.1, 0.15) is 11.8 Å². The lowest BCUT2D eigenvalue weighted by molar-refractivity contribution is 0.0660. The minimum absolute atomic E-state index is 0.0861. The summed E-state index contributed by atoms with van der Waals surface area (Å²) in [6.45, 7) is 0.395. The highest BCUT2D eigenvalue weighted by Gasteiger charge is 2.12. The highest BCUT2D eigenvalue weighted by molar-refractivity contribution is 5.84. The third kappa shape index (κ3) is 2.75. The number of aromatic carboxylic acids is 1. The fraction of sp³-hybridized carbons (Fsp3) is 0.143. The molecule has 2 aromatic rings. The first kappa shape index (κ1) is 12.7. The zero-order valence-corrected chi connectivity index (χ0v) is 10.3. The minimum Gasteiger partial charge on any atom is -0.475 e. The van der Waals surface area contributed by atoms with Gasteiger partial charge in [0.05, 0.1) is 17.8 Å². The van der Waals surface area contributed by atoms with Gasteiger partial charge < -0.3 is 14.4 Å². The standard InChI is InChI=1S/C14H12N2O3/c1-16(12-5-3-2-4-10(12)8-15)9-11-6-7-13(19-11)14(17)18/h2-7H,9H2,1H3,(H,17,18). The molecule has 0 unspecified atom stereocenters. The largest absolute Gasteiger partial charge is 0.475 e. The van der Waals surface area contributed by atoms with Crippen molar-refractivity contribution in [3.05, 3.63) is 53.5 Å². The summed E-state index contributed by atoms with van der Waals surface area (Å²) >= 11 is 0. The third-order valence-electron chi connectivity index (χ3n) is 2.70. The number of nitrogens with zero attached hydrogens (tertiary/aromatic N) is 2. The normalized spacial score (nSPS) is 9.89. The van der Waals surface area contributed by atoms with Crippen LogP contribution in [-0.4, -0.2) is 18.1 Å². The van der Waals surface area contributed by atoms with Gasteiger partial charge in [0, 0.05) is 7.05 Å². The Morgan fingerprint density at radius 2 is 2.11 bits per heavy atom. The van der Waals surface area contributed by atoms with E-state index in [1.165, 1.54) is 6.07 Å². The summed E-state index contributed by atoms with van der Waals surface area (Å²) in [7, 11) is 1.82. The number of hydrogen-bond donors (Lipinski definition) is 1. The second-order valence-corrected chi connectivity index (χ2v) is 4.06. The van der Waals surface area contributed by atoms with Crippen LogP contribution in [0.4, 0.5) is 5.69 Å². The Morgan fingerprint density at radius 3 is 2.74 bits per heavy atom. The van der Waals surface area contributed by atoms with Crippen LogP contribution in [0.3, 0.4) is 0 Å². The molecule has 0 saturated heterocycles. The zero-order valence-electron chi connectivity index (χ0n) is 10.3. The minimum atomic E-state index is -1.09. The molecule has 0 aliphatic heterocycles. The topological polar surface area (TPSA) is 77.5 Å². The van der Waals surface area contributed by atoms with Crippen LogP contribution < -0.4 is 4.90 Å². The second kappa shape index (κ2) is 5.27. The van der Waals surface area contributed by atoms with Crippen molar-refractivity contribution < 1.29 is 14.3 Å². The molecule has 0 fully saturated rings. The van der Waals surface area contributed by atoms with Crippen LogP contribution in [0.5, 0.6) is 0 Å². The van der Waals surface area contributed by atoms with Gasteiger partial charge >= 0.3 is 5.97 Å². The van der Waals surface area contributed by atoms with E-state index in [1.54, 1.807) is 18.2 Å². The summed E-state index contributed by atoms with van der Waals surface area (Å²) in [5, 5.41) is 17.8. The maximum absolute atomic E-state index is 10.7. The maximum atomic E-state index is 10.7. The van der Waals surface area contributed by atoms with E-state index in [0.29, 0.717) is 17.9 Å². The highest BCUT2D eigenvalue weighted by Crippen LogP contribution is 2.20. The molecule has 5 nitrogen and oxygen atoms in total. The molecule has 19 heavy (non-hydrogen) atoms. The Kier molecular flexibility index (Phi) is 3.53. The van der Waals surface area contributed by atoms with E-state index in [2.05, 4.69) is 6.07 Å². The summed E-state index contributed by atoms with van der Waals surface area (Å²) in [4.78, 5) is 12.6. The van der Waals surface area contributed by atoms with Crippen molar-refractivity contribution in [1.29, 1.82) is 5.26 Å². The van der Waals surface area contributed by atoms with E-state index in [0.717, 1.165) is 5.69 Å². The molecule has 96 valence electrons. The van der Waals surface area contributed by atoms with Gasteiger partial charge in [-0.25, -0.2) is 4.79 Å². The molecule has 1 N–H and O–H groups in total. The van der Waals surface area contributed by atoms with Gasteiger partial charge in [-0.15, -0.1) is 0 Å². The Morgan fingerprint density at radius 1 is 1.37 bits per heavy atom. The quantitative estimate of drug-likeness (QED) is 0.909. The fourth-order valence-electron chi connectivity index (χ4n) is 1.80. The van der Waals surface area contributed by atoms with Crippen LogP contribution in [0.1, 0.15) is 21.9 Å². The first-order valence-electron chi connectivity index (χ1n) is 5.64. The van der Waals surface area contributed by atoms with Crippen molar-refractivity contribution >= 4 is 11.7 Å². The highest BCUT2D eigenvalue weighted by atomic mass is 16.4. The summed E-state index contributed by atoms with van der Waals surface area (Å²) in [5.41, 5.74) is 1.34. The molecule has 0 radical (unpaired) electrons. The number of hydrogen-bond acceptors (Lipinski definition) is 4. The average molecular weight is 256 g/mol. The van der Waals surface area contributed by atoms with Crippen LogP contribution >= 0.6 is 0 Å². The number of carboxylic acid groups (broad SMARTS) is 1. The molecule has 1 aromatic heterocycles. The van der Waals surface area contributed by atoms with Gasteiger partial charge in [0.2, 0.25) is 5.76 Å². The van der Waals surface area contributed by atoms with E-state index in [1.807, 2.05) is 24.1 Å². The summed E-state index contributed by atoms with van der Waals surface area (Å²) in [6.07, 6.45) is 0. The van der Waals surface area contributed by atoms with E-state index in [9.17, 15) is 4.79 Å². The monoisotopic (exact) mass is 256 g/mol. The smallest absolute Gasteiger partial charge is 0.371 e. The fourth-order valence-corrected chi connectivity index (χ4v) is 1.80. The lowest BCUT2D eigenvalue weighted by atomic mass is 10.2. The van der Waals surface area contributed by atoms with Crippen LogP contribution in [0.15, 0.2) is 40.8 Å². The molecule has 0 atom stereocenters. The molecule has 1 aromatic carbocycles. The van der Waals surface area contributed by atoms with E-state index < -0.39 is 5.97 Å². The van der Waals surface area contributed by atoms with Gasteiger partial charge in [0.15, 0.2) is 0 Å². The lowest BCUT2D eigenvalue weighted by Crippen LogP contribution is -2.17. The van der Waals surface area contributed by atoms with Crippen LogP contribution in [0.2, 0.25) is 0 Å². The number of nitriles is 1. The second-order valence-electron chi connectivity index (χ2n) is 4.06. The molecule has 0 aliphatic rings. The van der Waals surface area contributed by atoms with Crippen LogP contribution in [0, 0.1) is 11.3 Å². The molecule has 0 aliphatic carbocycles. The van der Waals surface area contributed by atoms with E-state index in [4.69, 9.17) is 14.8 Å². The summed E-state index contributed by atoms with van der Waals surface area (Å²) < 4.78 is 5.19. The van der Waals surface area contributed by atoms with Crippen molar-refractivity contribution in [3.63, 3.8) is 0 Å². The number of benzene rings is 1. The molecule has 0 bridgehead atoms. The Labute approximate surface area is 110 Å². The van der Waals surface area contributed by atoms with Gasteiger partial charge in [-0.05, 0) is 24.3 Å². The van der Waals surface area contributed by atoms with E-state index in [-0.39, 0.29) is 5.76 Å². The number of furan rings is 1. The van der Waals surface area contributed by atoms with Crippen molar-refractivity contribution in [2.24, 2.45) is 0 Å². The molecule has 0 saturated carbocycles. The Bertz CT molecular complexity index is 640. The van der Waals surface area contributed by atoms with Crippen molar-refractivity contribution in [2.75, 3.05) is 11.9 Å². The lowest BCUT2D eigenvalue weighted by Gasteiger charge is -2.18. The molecular formula is C14H12N2O3. The Hall–Kier alpha value is -2.74. The number of carbonyl (C=O) groups is 1. The Balaban J connectivity index is 2.18. The van der Waals surface area contributed by atoms with Gasteiger partial charge in [-0.1, -0.05) is 12.1 Å². The summed E-state index contributed by atoms with van der Waals surface area (Å²) in [5.74, 6) is -0.643. The van der Waals surface area contributed by atoms with Crippen molar-refractivity contribution in [2.45, 2.75) is 6.54 Å². The number of carboxylic acids is 1. The number of anilines is 1. The molecule has 0 amide bonds. The van der Waals surface area contributed by atoms with E-state index >= 15 is 0 Å². The predicted octanol–water partition coefficient (Wildman–Crippen LogP) is 2.49. The first-order chi connectivity index (χ1) is 9.11. The zero-order chi connectivity index (χ0) is 13.8. The molecule has 0 spiro atoms. The number of rotatable bonds is 4. The van der Waals surface area contributed by atoms with Crippen molar-refractivity contribution in [1.82, 2.24) is 0 Å². The van der Waals surface area contributed by atoms with Crippen LogP contribution in [0.25, 0.3) is 0 Å². The third-order valence-corrected chi connectivity index (χ3v) is 2.70. The van der Waals surface area contributed by atoms with Gasteiger partial charge in [0.25, 0.3) is 0 Å². The SMILES string of the molecule is CN(Cc1ccc(C(=O)O)o1)c1ccccc1C#N. The predicted molar refractivity (Wildman–Crippen MR) is 68.9 cm³/mol. The van der Waals surface area contributed by atoms with Gasteiger partial charge in [-0.3, -0.25) is 0 Å². The molecule has 1 heterocycles.